The third kappa shape index (κ3) is 5.35. The van der Waals surface area contributed by atoms with Gasteiger partial charge in [-0.2, -0.15) is 4.98 Å². The monoisotopic (exact) mass is 508 g/mol. The maximum Gasteiger partial charge on any atom is 0.257 e. The van der Waals surface area contributed by atoms with E-state index in [1.165, 1.54) is 5.56 Å². The number of aryl methyl sites for hydroxylation is 1. The number of nitrogens with one attached hydrogen (secondary N) is 3. The number of hydrogen-bond donors (Lipinski definition) is 3. The molecule has 0 aliphatic carbocycles. The largest absolute Gasteiger partial charge is 0.351 e. The van der Waals surface area contributed by atoms with Gasteiger partial charge in [-0.3, -0.25) is 9.69 Å². The highest BCUT2D eigenvalue weighted by atomic mass is 16.1. The van der Waals surface area contributed by atoms with E-state index in [0.29, 0.717) is 29.1 Å². The van der Waals surface area contributed by atoms with E-state index in [2.05, 4.69) is 50.8 Å². The maximum atomic E-state index is 13.2. The zero-order valence-electron chi connectivity index (χ0n) is 22.0. The molecule has 2 aromatic heterocycles. The number of likely N-dealkylation sites (tertiary alicyclic amines) is 1. The maximum absolute atomic E-state index is 13.2. The van der Waals surface area contributed by atoms with E-state index in [4.69, 9.17) is 9.97 Å². The molecule has 2 saturated heterocycles. The minimum absolute atomic E-state index is 0.109. The Bertz CT molecular complexity index is 1450. The van der Waals surface area contributed by atoms with Crippen molar-refractivity contribution in [2.45, 2.75) is 51.1 Å². The summed E-state index contributed by atoms with van der Waals surface area (Å²) in [6, 6.07) is 21.1. The third-order valence-corrected chi connectivity index (χ3v) is 8.07. The minimum Gasteiger partial charge on any atom is -0.351 e. The Morgan fingerprint density at radius 3 is 2.42 bits per heavy atom. The lowest BCUT2D eigenvalue weighted by atomic mass is 9.90. The number of rotatable bonds is 6. The van der Waals surface area contributed by atoms with Gasteiger partial charge in [0.25, 0.3) is 5.56 Å². The van der Waals surface area contributed by atoms with Crippen LogP contribution >= 0.6 is 0 Å². The molecule has 6 rings (SSSR count). The van der Waals surface area contributed by atoms with Crippen molar-refractivity contribution in [2.75, 3.05) is 31.5 Å². The van der Waals surface area contributed by atoms with Crippen LogP contribution in [0.2, 0.25) is 0 Å². The first-order valence-corrected chi connectivity index (χ1v) is 13.9. The van der Waals surface area contributed by atoms with Gasteiger partial charge in [0.05, 0.1) is 5.69 Å². The van der Waals surface area contributed by atoms with Gasteiger partial charge in [-0.05, 0) is 81.5 Å². The first-order chi connectivity index (χ1) is 18.6. The topological polar surface area (TPSA) is 85.9 Å². The molecule has 7 heteroatoms. The number of hydrogen-bond acceptors (Lipinski definition) is 6. The van der Waals surface area contributed by atoms with E-state index < -0.39 is 0 Å². The summed E-state index contributed by atoms with van der Waals surface area (Å²) in [6.45, 7) is 7.06. The van der Waals surface area contributed by atoms with Gasteiger partial charge in [-0.15, -0.1) is 0 Å². The molecular weight excluding hydrogens is 472 g/mol. The highest BCUT2D eigenvalue weighted by molar-refractivity contribution is 5.84. The van der Waals surface area contributed by atoms with E-state index >= 15 is 0 Å². The van der Waals surface area contributed by atoms with Gasteiger partial charge in [0.1, 0.15) is 5.65 Å². The molecule has 7 nitrogen and oxygen atoms in total. The number of benzene rings is 2. The first kappa shape index (κ1) is 24.8. The van der Waals surface area contributed by atoms with Crippen LogP contribution in [0, 0.1) is 6.92 Å². The van der Waals surface area contributed by atoms with Gasteiger partial charge in [-0.1, -0.05) is 54.6 Å². The molecule has 196 valence electrons. The molecule has 0 saturated carbocycles. The van der Waals surface area contributed by atoms with Gasteiger partial charge in [0.2, 0.25) is 5.95 Å². The number of aromatic nitrogens is 3. The summed E-state index contributed by atoms with van der Waals surface area (Å²) < 4.78 is 0. The third-order valence-electron chi connectivity index (χ3n) is 8.07. The van der Waals surface area contributed by atoms with Crippen LogP contribution in [0.1, 0.15) is 48.4 Å². The zero-order valence-corrected chi connectivity index (χ0v) is 22.0. The number of aromatic amines is 1. The molecule has 0 spiro atoms. The fourth-order valence-corrected chi connectivity index (χ4v) is 5.91. The Morgan fingerprint density at radius 2 is 1.66 bits per heavy atom. The Labute approximate surface area is 223 Å². The number of pyridine rings is 1. The first-order valence-electron chi connectivity index (χ1n) is 13.9. The van der Waals surface area contributed by atoms with Gasteiger partial charge in [0, 0.05) is 29.5 Å². The van der Waals surface area contributed by atoms with E-state index in [0.717, 1.165) is 80.6 Å². The lowest BCUT2D eigenvalue weighted by Crippen LogP contribution is -2.36. The molecule has 2 aliphatic rings. The van der Waals surface area contributed by atoms with E-state index in [1.54, 1.807) is 0 Å². The van der Waals surface area contributed by atoms with Crippen molar-refractivity contribution >= 4 is 17.0 Å². The van der Waals surface area contributed by atoms with E-state index in [-0.39, 0.29) is 5.56 Å². The van der Waals surface area contributed by atoms with Crippen molar-refractivity contribution in [1.29, 1.82) is 0 Å². The molecule has 0 bridgehead atoms. The van der Waals surface area contributed by atoms with Gasteiger partial charge >= 0.3 is 0 Å². The smallest absolute Gasteiger partial charge is 0.257 e. The molecule has 4 heterocycles. The predicted molar refractivity (Wildman–Crippen MR) is 154 cm³/mol. The predicted octanol–water partition coefficient (Wildman–Crippen LogP) is 4.84. The van der Waals surface area contributed by atoms with Crippen LogP contribution < -0.4 is 16.2 Å². The Morgan fingerprint density at radius 1 is 0.921 bits per heavy atom. The average Bonchev–Trinajstić information content (AvgIpc) is 2.94. The summed E-state index contributed by atoms with van der Waals surface area (Å²) in [4.78, 5) is 28.8. The Hall–Kier alpha value is -3.55. The fraction of sp³-hybridized carbons (Fsp3) is 0.387. The van der Waals surface area contributed by atoms with Crippen LogP contribution in [0.15, 0.2) is 65.5 Å². The molecular formula is C31H36N6O. The molecule has 4 aromatic rings. The van der Waals surface area contributed by atoms with E-state index in [1.807, 2.05) is 37.3 Å². The quantitative estimate of drug-likeness (QED) is 0.346. The zero-order chi connectivity index (χ0) is 25.9. The Kier molecular flexibility index (Phi) is 7.20. The summed E-state index contributed by atoms with van der Waals surface area (Å²) in [5.74, 6) is 0.946. The lowest BCUT2D eigenvalue weighted by Gasteiger charge is -2.32. The highest BCUT2D eigenvalue weighted by Crippen LogP contribution is 2.34. The second-order valence-corrected chi connectivity index (χ2v) is 10.7. The van der Waals surface area contributed by atoms with Crippen LogP contribution in [0.4, 0.5) is 5.95 Å². The van der Waals surface area contributed by atoms with Crippen LogP contribution in [-0.2, 0) is 6.54 Å². The van der Waals surface area contributed by atoms with Crippen molar-refractivity contribution in [3.8, 4) is 11.1 Å². The summed E-state index contributed by atoms with van der Waals surface area (Å²) in [7, 11) is 0. The molecule has 2 fully saturated rings. The van der Waals surface area contributed by atoms with Crippen LogP contribution in [-0.4, -0.2) is 52.1 Å². The van der Waals surface area contributed by atoms with E-state index in [9.17, 15) is 4.79 Å². The molecule has 2 aliphatic heterocycles. The average molecular weight is 509 g/mol. The number of H-pyrrole nitrogens is 1. The van der Waals surface area contributed by atoms with Crippen molar-refractivity contribution in [1.82, 2.24) is 25.2 Å². The molecule has 3 N–H and O–H groups in total. The van der Waals surface area contributed by atoms with Crippen molar-refractivity contribution in [3.05, 3.63) is 87.8 Å². The molecule has 38 heavy (non-hydrogen) atoms. The second kappa shape index (κ2) is 11.1. The number of nitrogens with zero attached hydrogens (tertiary/aromatic N) is 3. The standard InChI is InChI=1S/C31H36N6O/c1-21-7-5-6-10-25(21)26-19-27-28(23-13-17-37(18-14-23)20-22-8-3-2-4-9-22)34-31(36-29(27)35-30(26)38)33-24-11-15-32-16-12-24/h2-10,19,23-24,32H,11-18,20H2,1H3,(H2,33,34,35,36,38). The SMILES string of the molecule is Cc1ccccc1-c1cc2c(C3CCN(Cc4ccccc4)CC3)nc(NC3CCNCC3)nc2[nH]c1=O. The summed E-state index contributed by atoms with van der Waals surface area (Å²) in [5.41, 5.74) is 5.64. The van der Waals surface area contributed by atoms with Crippen LogP contribution in [0.25, 0.3) is 22.2 Å². The molecule has 2 aromatic carbocycles. The lowest BCUT2D eigenvalue weighted by molar-refractivity contribution is 0.204. The number of fused-ring (bicyclic) bond motifs is 1. The normalized spacial score (nSPS) is 17.6. The minimum atomic E-state index is -0.109. The number of anilines is 1. The summed E-state index contributed by atoms with van der Waals surface area (Å²) in [5, 5.41) is 7.95. The summed E-state index contributed by atoms with van der Waals surface area (Å²) in [6.07, 6.45) is 4.14. The Balaban J connectivity index is 1.34. The van der Waals surface area contributed by atoms with Gasteiger partial charge < -0.3 is 15.6 Å². The molecule has 0 atom stereocenters. The fourth-order valence-electron chi connectivity index (χ4n) is 5.91. The van der Waals surface area contributed by atoms with Crippen molar-refractivity contribution in [2.24, 2.45) is 0 Å². The van der Waals surface area contributed by atoms with Crippen LogP contribution in [0.3, 0.4) is 0 Å². The van der Waals surface area contributed by atoms with Gasteiger partial charge in [0.15, 0.2) is 0 Å². The second-order valence-electron chi connectivity index (χ2n) is 10.7. The van der Waals surface area contributed by atoms with Crippen LogP contribution in [0.5, 0.6) is 0 Å². The number of piperidine rings is 2. The molecule has 0 amide bonds. The highest BCUT2D eigenvalue weighted by Gasteiger charge is 2.26. The summed E-state index contributed by atoms with van der Waals surface area (Å²) >= 11 is 0. The molecule has 0 radical (unpaired) electrons. The van der Waals surface area contributed by atoms with Gasteiger partial charge in [-0.25, -0.2) is 4.98 Å². The van der Waals surface area contributed by atoms with Crippen molar-refractivity contribution < 1.29 is 0 Å². The van der Waals surface area contributed by atoms with Crippen molar-refractivity contribution in [3.63, 3.8) is 0 Å². The molecule has 0 unspecified atom stereocenters.